The summed E-state index contributed by atoms with van der Waals surface area (Å²) in [6, 6.07) is 9.04. The summed E-state index contributed by atoms with van der Waals surface area (Å²) >= 11 is 0. The fourth-order valence-corrected chi connectivity index (χ4v) is 2.58. The van der Waals surface area contributed by atoms with Gasteiger partial charge in [0, 0.05) is 23.8 Å². The molecule has 1 heterocycles. The molecule has 0 fully saturated rings. The van der Waals surface area contributed by atoms with Crippen LogP contribution >= 0.6 is 7.82 Å². The molecule has 3 rings (SSSR count). The van der Waals surface area contributed by atoms with Crippen LogP contribution in [0.4, 0.5) is 0 Å². The molecule has 0 amide bonds. The van der Waals surface area contributed by atoms with E-state index in [0.717, 1.165) is 18.2 Å². The van der Waals surface area contributed by atoms with Crippen molar-refractivity contribution >= 4 is 18.8 Å². The first kappa shape index (κ1) is 16.1. The van der Waals surface area contributed by atoms with Crippen molar-refractivity contribution in [1.29, 1.82) is 0 Å². The SMILES string of the molecule is O=c1cc(-c2ccc(O)cc2)oc2cc(OP(=O)(O)O)cc(O)c12. The fraction of sp³-hybridized carbons (Fsp3) is 0. The van der Waals surface area contributed by atoms with Crippen LogP contribution in [0.1, 0.15) is 0 Å². The van der Waals surface area contributed by atoms with E-state index in [4.69, 9.17) is 14.2 Å². The molecule has 0 saturated carbocycles. The maximum Gasteiger partial charge on any atom is 0.524 e. The predicted molar refractivity (Wildman–Crippen MR) is 83.9 cm³/mol. The van der Waals surface area contributed by atoms with Crippen molar-refractivity contribution in [2.24, 2.45) is 0 Å². The van der Waals surface area contributed by atoms with Gasteiger partial charge in [0.25, 0.3) is 0 Å². The molecule has 0 aliphatic carbocycles. The minimum absolute atomic E-state index is 0.0388. The highest BCUT2D eigenvalue weighted by Crippen LogP contribution is 2.40. The molecule has 8 nitrogen and oxygen atoms in total. The van der Waals surface area contributed by atoms with Gasteiger partial charge in [-0.05, 0) is 24.3 Å². The average Bonchev–Trinajstić information content (AvgIpc) is 2.45. The minimum atomic E-state index is -4.83. The predicted octanol–water partition coefficient (Wildman–Crippen LogP) is 2.34. The van der Waals surface area contributed by atoms with Crippen LogP contribution in [0.25, 0.3) is 22.3 Å². The second kappa shape index (κ2) is 5.68. The molecule has 2 aromatic carbocycles. The van der Waals surface area contributed by atoms with Crippen LogP contribution in [0.3, 0.4) is 0 Å². The van der Waals surface area contributed by atoms with Gasteiger partial charge in [-0.3, -0.25) is 14.6 Å². The molecule has 0 aliphatic heterocycles. The van der Waals surface area contributed by atoms with E-state index in [-0.39, 0.29) is 28.2 Å². The van der Waals surface area contributed by atoms with Crippen molar-refractivity contribution < 1.29 is 33.5 Å². The molecule has 0 bridgehead atoms. The number of phosphoric acid groups is 1. The van der Waals surface area contributed by atoms with Gasteiger partial charge < -0.3 is 19.2 Å². The van der Waals surface area contributed by atoms with E-state index in [2.05, 4.69) is 4.52 Å². The van der Waals surface area contributed by atoms with E-state index in [0.29, 0.717) is 5.56 Å². The number of rotatable bonds is 3. The van der Waals surface area contributed by atoms with Crippen LogP contribution in [0, 0.1) is 0 Å². The van der Waals surface area contributed by atoms with Gasteiger partial charge in [-0.1, -0.05) is 0 Å². The van der Waals surface area contributed by atoms with Crippen molar-refractivity contribution in [3.05, 3.63) is 52.7 Å². The molecule has 1 aromatic heterocycles. The van der Waals surface area contributed by atoms with Gasteiger partial charge in [-0.2, -0.15) is 0 Å². The normalized spacial score (nSPS) is 11.6. The van der Waals surface area contributed by atoms with Crippen LogP contribution in [0.2, 0.25) is 0 Å². The van der Waals surface area contributed by atoms with Gasteiger partial charge in [0.2, 0.25) is 0 Å². The van der Waals surface area contributed by atoms with Gasteiger partial charge >= 0.3 is 7.82 Å². The van der Waals surface area contributed by atoms with Crippen molar-refractivity contribution in [3.8, 4) is 28.6 Å². The third kappa shape index (κ3) is 3.26. The van der Waals surface area contributed by atoms with E-state index in [1.165, 1.54) is 24.3 Å². The molecule has 9 heteroatoms. The Labute approximate surface area is 134 Å². The van der Waals surface area contributed by atoms with Gasteiger partial charge in [-0.15, -0.1) is 0 Å². The zero-order valence-electron chi connectivity index (χ0n) is 11.9. The largest absolute Gasteiger partial charge is 0.524 e. The number of phosphoric ester groups is 1. The summed E-state index contributed by atoms with van der Waals surface area (Å²) < 4.78 is 20.8. The first-order valence-corrected chi connectivity index (χ1v) is 8.11. The Balaban J connectivity index is 2.20. The zero-order chi connectivity index (χ0) is 17.5. The smallest absolute Gasteiger partial charge is 0.508 e. The van der Waals surface area contributed by atoms with Crippen molar-refractivity contribution in [2.45, 2.75) is 0 Å². The Morgan fingerprint density at radius 2 is 1.67 bits per heavy atom. The molecule has 3 aromatic rings. The van der Waals surface area contributed by atoms with Crippen molar-refractivity contribution in [2.75, 3.05) is 0 Å². The quantitative estimate of drug-likeness (QED) is 0.528. The number of fused-ring (bicyclic) bond motifs is 1. The summed E-state index contributed by atoms with van der Waals surface area (Å²) in [7, 11) is -4.83. The average molecular weight is 350 g/mol. The third-order valence-electron chi connectivity index (χ3n) is 3.16. The number of hydrogen-bond acceptors (Lipinski definition) is 6. The minimum Gasteiger partial charge on any atom is -0.508 e. The summed E-state index contributed by atoms with van der Waals surface area (Å²) in [5, 5.41) is 19.1. The van der Waals surface area contributed by atoms with Crippen LogP contribution in [-0.4, -0.2) is 20.0 Å². The van der Waals surface area contributed by atoms with Crippen LogP contribution in [0.5, 0.6) is 17.2 Å². The van der Waals surface area contributed by atoms with Crippen LogP contribution < -0.4 is 9.95 Å². The lowest BCUT2D eigenvalue weighted by Crippen LogP contribution is -2.01. The number of hydrogen-bond donors (Lipinski definition) is 4. The highest BCUT2D eigenvalue weighted by molar-refractivity contribution is 7.46. The van der Waals surface area contributed by atoms with E-state index >= 15 is 0 Å². The summed E-state index contributed by atoms with van der Waals surface area (Å²) in [5.41, 5.74) is -0.152. The van der Waals surface area contributed by atoms with E-state index in [1.54, 1.807) is 0 Å². The highest BCUT2D eigenvalue weighted by Gasteiger charge is 2.19. The molecular formula is C15H11O8P. The Kier molecular flexibility index (Phi) is 3.81. The Morgan fingerprint density at radius 1 is 1.00 bits per heavy atom. The van der Waals surface area contributed by atoms with Gasteiger partial charge in [-0.25, -0.2) is 4.57 Å². The molecule has 4 N–H and O–H groups in total. The zero-order valence-corrected chi connectivity index (χ0v) is 12.8. The van der Waals surface area contributed by atoms with Crippen molar-refractivity contribution in [1.82, 2.24) is 0 Å². The topological polar surface area (TPSA) is 137 Å². The fourth-order valence-electron chi connectivity index (χ4n) is 2.20. The number of phenolic OH excluding ortho intramolecular Hbond substituents is 2. The third-order valence-corrected chi connectivity index (χ3v) is 3.61. The number of benzene rings is 2. The van der Waals surface area contributed by atoms with Gasteiger partial charge in [0.05, 0.1) is 0 Å². The first-order valence-electron chi connectivity index (χ1n) is 6.58. The van der Waals surface area contributed by atoms with E-state index in [9.17, 15) is 19.6 Å². The monoisotopic (exact) mass is 350 g/mol. The van der Waals surface area contributed by atoms with E-state index < -0.39 is 19.0 Å². The lowest BCUT2D eigenvalue weighted by atomic mass is 10.1. The van der Waals surface area contributed by atoms with Gasteiger partial charge in [0.15, 0.2) is 5.43 Å². The molecule has 0 aliphatic rings. The van der Waals surface area contributed by atoms with Gasteiger partial charge in [0.1, 0.15) is 34.0 Å². The second-order valence-corrected chi connectivity index (χ2v) is 6.08. The molecule has 124 valence electrons. The lowest BCUT2D eigenvalue weighted by Gasteiger charge is -2.09. The maximum atomic E-state index is 12.2. The van der Waals surface area contributed by atoms with Crippen molar-refractivity contribution in [3.63, 3.8) is 0 Å². The molecule has 0 saturated heterocycles. The summed E-state index contributed by atoms with van der Waals surface area (Å²) in [6.45, 7) is 0. The molecule has 24 heavy (non-hydrogen) atoms. The molecular weight excluding hydrogens is 339 g/mol. The standard InChI is InChI=1S/C15H11O8P/c16-9-3-1-8(2-4-9)13-7-12(18)15-11(17)5-10(6-14(15)22-13)23-24(19,20)21/h1-7,16-17H,(H2,19,20,21). The number of phenols is 2. The number of aromatic hydroxyl groups is 2. The Bertz CT molecular complexity index is 1020. The van der Waals surface area contributed by atoms with E-state index in [1.807, 2.05) is 0 Å². The second-order valence-electron chi connectivity index (χ2n) is 4.92. The van der Waals surface area contributed by atoms with Crippen LogP contribution in [-0.2, 0) is 4.57 Å². The summed E-state index contributed by atoms with van der Waals surface area (Å²) in [4.78, 5) is 29.9. The molecule has 0 spiro atoms. The molecule has 0 radical (unpaired) electrons. The highest BCUT2D eigenvalue weighted by atomic mass is 31.2. The Morgan fingerprint density at radius 3 is 2.29 bits per heavy atom. The Hall–Kier alpha value is -2.80. The molecule has 0 atom stereocenters. The lowest BCUT2D eigenvalue weighted by molar-refractivity contribution is 0.283. The van der Waals surface area contributed by atoms with Crippen LogP contribution in [0.15, 0.2) is 51.7 Å². The summed E-state index contributed by atoms with van der Waals surface area (Å²) in [6.07, 6.45) is 0. The summed E-state index contributed by atoms with van der Waals surface area (Å²) in [5.74, 6) is -0.682. The molecule has 0 unspecified atom stereocenters. The first-order chi connectivity index (χ1) is 11.2. The maximum absolute atomic E-state index is 12.2.